The molecule has 0 bridgehead atoms. The predicted molar refractivity (Wildman–Crippen MR) is 101 cm³/mol. The summed E-state index contributed by atoms with van der Waals surface area (Å²) >= 11 is 3.54. The van der Waals surface area contributed by atoms with Gasteiger partial charge in [-0.3, -0.25) is 4.79 Å². The molecule has 0 aromatic heterocycles. The summed E-state index contributed by atoms with van der Waals surface area (Å²) in [4.78, 5) is 14.3. The molecule has 1 amide bonds. The normalized spacial score (nSPS) is 10.4. The van der Waals surface area contributed by atoms with Crippen molar-refractivity contribution >= 4 is 33.2 Å². The summed E-state index contributed by atoms with van der Waals surface area (Å²) in [5.41, 5.74) is 4.35. The van der Waals surface area contributed by atoms with Crippen LogP contribution in [0.25, 0.3) is 0 Å². The zero-order valence-corrected chi connectivity index (χ0v) is 15.5. The summed E-state index contributed by atoms with van der Waals surface area (Å²) in [6, 6.07) is 14.2. The quantitative estimate of drug-likeness (QED) is 0.777. The molecule has 0 unspecified atom stereocenters. The second-order valence-electron chi connectivity index (χ2n) is 5.64. The maximum absolute atomic E-state index is 12.5. The van der Waals surface area contributed by atoms with E-state index in [0.29, 0.717) is 19.5 Å². The van der Waals surface area contributed by atoms with Crippen molar-refractivity contribution in [2.75, 3.05) is 23.3 Å². The summed E-state index contributed by atoms with van der Waals surface area (Å²) in [5.74, 6) is 0.133. The Hall–Kier alpha value is -1.81. The third-order valence-corrected chi connectivity index (χ3v) is 4.37. The molecule has 0 spiro atoms. The van der Waals surface area contributed by atoms with Gasteiger partial charge in [-0.2, -0.15) is 0 Å². The fourth-order valence-corrected chi connectivity index (χ4v) is 3.13. The summed E-state index contributed by atoms with van der Waals surface area (Å²) in [6.45, 7) is 7.39. The van der Waals surface area contributed by atoms with Gasteiger partial charge in [-0.05, 0) is 72.1 Å². The van der Waals surface area contributed by atoms with Gasteiger partial charge < -0.3 is 10.2 Å². The Balaban J connectivity index is 1.95. The number of benzene rings is 2. The van der Waals surface area contributed by atoms with E-state index in [1.54, 1.807) is 0 Å². The fourth-order valence-electron chi connectivity index (χ4n) is 2.50. The molecular formula is C19H23BrN2O. The molecule has 0 aliphatic carbocycles. The second-order valence-corrected chi connectivity index (χ2v) is 6.49. The lowest BCUT2D eigenvalue weighted by Crippen LogP contribution is -2.31. The van der Waals surface area contributed by atoms with Gasteiger partial charge in [0.25, 0.3) is 0 Å². The highest BCUT2D eigenvalue weighted by Gasteiger charge is 2.13. The zero-order chi connectivity index (χ0) is 16.8. The molecule has 2 rings (SSSR count). The van der Waals surface area contributed by atoms with Gasteiger partial charge in [-0.15, -0.1) is 0 Å². The van der Waals surface area contributed by atoms with E-state index < -0.39 is 0 Å². The molecule has 0 aliphatic rings. The summed E-state index contributed by atoms with van der Waals surface area (Å²) < 4.78 is 1.02. The van der Waals surface area contributed by atoms with E-state index in [-0.39, 0.29) is 5.91 Å². The van der Waals surface area contributed by atoms with E-state index in [2.05, 4.69) is 40.3 Å². The molecule has 0 heterocycles. The lowest BCUT2D eigenvalue weighted by molar-refractivity contribution is -0.118. The van der Waals surface area contributed by atoms with Gasteiger partial charge in [0.15, 0.2) is 0 Å². The number of anilines is 2. The lowest BCUT2D eigenvalue weighted by atomic mass is 10.2. The molecule has 0 saturated carbocycles. The van der Waals surface area contributed by atoms with Crippen LogP contribution in [-0.2, 0) is 4.79 Å². The Morgan fingerprint density at radius 2 is 1.87 bits per heavy atom. The first kappa shape index (κ1) is 17.5. The number of rotatable bonds is 6. The summed E-state index contributed by atoms with van der Waals surface area (Å²) in [7, 11) is 0. The Kier molecular flexibility index (Phi) is 6.22. The lowest BCUT2D eigenvalue weighted by Gasteiger charge is -2.22. The molecule has 1 N–H and O–H groups in total. The Morgan fingerprint density at radius 3 is 2.52 bits per heavy atom. The van der Waals surface area contributed by atoms with Crippen molar-refractivity contribution < 1.29 is 4.79 Å². The van der Waals surface area contributed by atoms with Crippen LogP contribution in [0.4, 0.5) is 11.4 Å². The molecule has 0 aliphatic heterocycles. The van der Waals surface area contributed by atoms with E-state index in [4.69, 9.17) is 0 Å². The van der Waals surface area contributed by atoms with Gasteiger partial charge in [0, 0.05) is 35.4 Å². The predicted octanol–water partition coefficient (Wildman–Crippen LogP) is 4.92. The van der Waals surface area contributed by atoms with Gasteiger partial charge in [0.2, 0.25) is 5.91 Å². The third-order valence-electron chi connectivity index (χ3n) is 3.71. The van der Waals surface area contributed by atoms with Crippen LogP contribution in [0, 0.1) is 13.8 Å². The van der Waals surface area contributed by atoms with E-state index in [1.807, 2.05) is 49.1 Å². The molecule has 3 nitrogen and oxygen atoms in total. The van der Waals surface area contributed by atoms with Crippen molar-refractivity contribution in [3.05, 3.63) is 58.1 Å². The van der Waals surface area contributed by atoms with Crippen LogP contribution in [-0.4, -0.2) is 19.0 Å². The van der Waals surface area contributed by atoms with Crippen LogP contribution in [0.5, 0.6) is 0 Å². The molecule has 2 aromatic carbocycles. The van der Waals surface area contributed by atoms with Gasteiger partial charge in [-0.25, -0.2) is 0 Å². The maximum atomic E-state index is 12.5. The first-order valence-corrected chi connectivity index (χ1v) is 8.67. The minimum atomic E-state index is 0.133. The highest BCUT2D eigenvalue weighted by Crippen LogP contribution is 2.23. The third kappa shape index (κ3) is 4.83. The van der Waals surface area contributed by atoms with E-state index in [9.17, 15) is 4.79 Å². The van der Waals surface area contributed by atoms with Crippen LogP contribution in [0.3, 0.4) is 0 Å². The van der Waals surface area contributed by atoms with Crippen molar-refractivity contribution in [2.24, 2.45) is 0 Å². The number of halogens is 1. The topological polar surface area (TPSA) is 32.3 Å². The minimum absolute atomic E-state index is 0.133. The van der Waals surface area contributed by atoms with Gasteiger partial charge in [-0.1, -0.05) is 18.2 Å². The Bertz CT molecular complexity index is 685. The van der Waals surface area contributed by atoms with Gasteiger partial charge >= 0.3 is 0 Å². The molecule has 0 atom stereocenters. The molecule has 4 heteroatoms. The van der Waals surface area contributed by atoms with Crippen molar-refractivity contribution in [2.45, 2.75) is 27.2 Å². The van der Waals surface area contributed by atoms with Gasteiger partial charge in [0.05, 0.1) is 0 Å². The van der Waals surface area contributed by atoms with Gasteiger partial charge in [0.1, 0.15) is 0 Å². The average molecular weight is 375 g/mol. The van der Waals surface area contributed by atoms with Crippen molar-refractivity contribution in [1.29, 1.82) is 0 Å². The Morgan fingerprint density at radius 1 is 1.13 bits per heavy atom. The largest absolute Gasteiger partial charge is 0.384 e. The smallest absolute Gasteiger partial charge is 0.228 e. The molecule has 0 radical (unpaired) electrons. The average Bonchev–Trinajstić information content (AvgIpc) is 2.50. The maximum Gasteiger partial charge on any atom is 0.228 e. The van der Waals surface area contributed by atoms with Crippen molar-refractivity contribution in [3.8, 4) is 0 Å². The van der Waals surface area contributed by atoms with Crippen LogP contribution < -0.4 is 10.2 Å². The highest BCUT2D eigenvalue weighted by molar-refractivity contribution is 9.10. The minimum Gasteiger partial charge on any atom is -0.384 e. The summed E-state index contributed by atoms with van der Waals surface area (Å²) in [6.07, 6.45) is 0.460. The van der Waals surface area contributed by atoms with E-state index in [1.165, 1.54) is 5.56 Å². The van der Waals surface area contributed by atoms with E-state index in [0.717, 1.165) is 21.4 Å². The molecule has 2 aromatic rings. The van der Waals surface area contributed by atoms with Crippen LogP contribution in [0.15, 0.2) is 46.9 Å². The number of hydrogen-bond acceptors (Lipinski definition) is 2. The van der Waals surface area contributed by atoms with Crippen molar-refractivity contribution in [3.63, 3.8) is 0 Å². The molecule has 0 saturated heterocycles. The number of nitrogens with one attached hydrogen (secondary N) is 1. The number of carbonyl (C=O) groups excluding carboxylic acids is 1. The van der Waals surface area contributed by atoms with Crippen LogP contribution in [0.2, 0.25) is 0 Å². The number of carbonyl (C=O) groups is 1. The molecule has 23 heavy (non-hydrogen) atoms. The number of aryl methyl sites for hydroxylation is 2. The van der Waals surface area contributed by atoms with Crippen LogP contribution >= 0.6 is 15.9 Å². The molecular weight excluding hydrogens is 352 g/mol. The monoisotopic (exact) mass is 374 g/mol. The Labute approximate surface area is 146 Å². The van der Waals surface area contributed by atoms with E-state index >= 15 is 0 Å². The highest BCUT2D eigenvalue weighted by atomic mass is 79.9. The second kappa shape index (κ2) is 8.16. The standard InChI is InChI=1S/C19H23BrN2O/c1-4-22(16-7-5-6-14(2)12-16)19(23)10-11-21-18-9-8-15(3)13-17(18)20/h5-9,12-13,21H,4,10-11H2,1-3H3. The number of amides is 1. The summed E-state index contributed by atoms with van der Waals surface area (Å²) in [5, 5.41) is 3.32. The first-order chi connectivity index (χ1) is 11.0. The zero-order valence-electron chi connectivity index (χ0n) is 13.9. The first-order valence-electron chi connectivity index (χ1n) is 7.88. The molecule has 0 fully saturated rings. The number of hydrogen-bond donors (Lipinski definition) is 1. The number of nitrogens with zero attached hydrogens (tertiary/aromatic N) is 1. The molecule has 122 valence electrons. The van der Waals surface area contributed by atoms with Crippen LogP contribution in [0.1, 0.15) is 24.5 Å². The SMILES string of the molecule is CCN(C(=O)CCNc1ccc(C)cc1Br)c1cccc(C)c1. The van der Waals surface area contributed by atoms with Crippen molar-refractivity contribution in [1.82, 2.24) is 0 Å². The fraction of sp³-hybridized carbons (Fsp3) is 0.316.